The third-order valence-corrected chi connectivity index (χ3v) is 4.70. The Balaban J connectivity index is 1.58. The second kappa shape index (κ2) is 8.13. The highest BCUT2D eigenvalue weighted by Crippen LogP contribution is 2.34. The summed E-state index contributed by atoms with van der Waals surface area (Å²) in [4.78, 5) is 12.3. The molecule has 1 heterocycles. The van der Waals surface area contributed by atoms with E-state index in [1.54, 1.807) is 0 Å². The van der Waals surface area contributed by atoms with Gasteiger partial charge < -0.3 is 19.5 Å². The first-order valence-corrected chi connectivity index (χ1v) is 8.99. The molecule has 0 saturated carbocycles. The maximum Gasteiger partial charge on any atom is 0.258 e. The number of hydrogen-bond acceptors (Lipinski definition) is 4. The number of carbonyl (C=O) groups excluding carboxylic acids is 1. The maximum absolute atomic E-state index is 12.3. The lowest BCUT2D eigenvalue weighted by molar-refractivity contribution is -0.123. The summed E-state index contributed by atoms with van der Waals surface area (Å²) in [7, 11) is 0. The van der Waals surface area contributed by atoms with Crippen LogP contribution in [0.15, 0.2) is 42.5 Å². The second-order valence-electron chi connectivity index (χ2n) is 6.54. The lowest BCUT2D eigenvalue weighted by atomic mass is 9.98. The molecule has 1 aliphatic rings. The minimum atomic E-state index is -0.158. The number of fused-ring (bicyclic) bond motifs is 1. The Kier molecular flexibility index (Phi) is 5.66. The summed E-state index contributed by atoms with van der Waals surface area (Å²) >= 11 is 0. The molecule has 1 N–H and O–H groups in total. The Morgan fingerprint density at radius 2 is 1.92 bits per heavy atom. The lowest BCUT2D eigenvalue weighted by Crippen LogP contribution is -2.31. The molecule has 0 radical (unpaired) electrons. The van der Waals surface area contributed by atoms with Crippen LogP contribution in [0.25, 0.3) is 0 Å². The first-order chi connectivity index (χ1) is 12.6. The number of benzene rings is 2. The normalized spacial score (nSPS) is 14.6. The molecule has 2 atom stereocenters. The van der Waals surface area contributed by atoms with Gasteiger partial charge in [-0.1, -0.05) is 38.1 Å². The number of rotatable bonds is 7. The van der Waals surface area contributed by atoms with Gasteiger partial charge in [0.05, 0.1) is 6.04 Å². The highest BCUT2D eigenvalue weighted by atomic mass is 16.7. The fraction of sp³-hybridized carbons (Fsp3) is 0.381. The fourth-order valence-corrected chi connectivity index (χ4v) is 2.93. The molecule has 0 bridgehead atoms. The smallest absolute Gasteiger partial charge is 0.258 e. The number of para-hydroxylation sites is 1. The van der Waals surface area contributed by atoms with E-state index >= 15 is 0 Å². The van der Waals surface area contributed by atoms with Crippen molar-refractivity contribution in [3.8, 4) is 17.2 Å². The van der Waals surface area contributed by atoms with Gasteiger partial charge in [0.25, 0.3) is 5.91 Å². The van der Waals surface area contributed by atoms with E-state index in [1.165, 1.54) is 0 Å². The van der Waals surface area contributed by atoms with Gasteiger partial charge >= 0.3 is 0 Å². The summed E-state index contributed by atoms with van der Waals surface area (Å²) < 4.78 is 16.5. The molecule has 2 unspecified atom stereocenters. The van der Waals surface area contributed by atoms with Gasteiger partial charge in [-0.15, -0.1) is 0 Å². The Morgan fingerprint density at radius 3 is 2.73 bits per heavy atom. The monoisotopic (exact) mass is 355 g/mol. The minimum Gasteiger partial charge on any atom is -0.483 e. The summed E-state index contributed by atoms with van der Waals surface area (Å²) in [6, 6.07) is 13.4. The molecule has 2 aromatic carbocycles. The van der Waals surface area contributed by atoms with Gasteiger partial charge in [0, 0.05) is 0 Å². The van der Waals surface area contributed by atoms with E-state index < -0.39 is 0 Å². The molecular weight excluding hydrogens is 330 g/mol. The quantitative estimate of drug-likeness (QED) is 0.809. The van der Waals surface area contributed by atoms with Crippen molar-refractivity contribution < 1.29 is 19.0 Å². The van der Waals surface area contributed by atoms with Gasteiger partial charge in [-0.3, -0.25) is 4.79 Å². The van der Waals surface area contributed by atoms with Gasteiger partial charge in [-0.25, -0.2) is 0 Å². The van der Waals surface area contributed by atoms with Crippen molar-refractivity contribution in [2.45, 2.75) is 39.2 Å². The SMILES string of the molecule is CCC(C)c1ccccc1OCC(=O)NC(C)c1ccc2c(c1)OCO2. The topological polar surface area (TPSA) is 56.8 Å². The van der Waals surface area contributed by atoms with Crippen LogP contribution in [0.3, 0.4) is 0 Å². The van der Waals surface area contributed by atoms with Gasteiger partial charge in [-0.2, -0.15) is 0 Å². The van der Waals surface area contributed by atoms with Crippen LogP contribution in [0.5, 0.6) is 17.2 Å². The number of hydrogen-bond donors (Lipinski definition) is 1. The molecule has 0 saturated heterocycles. The molecule has 0 fully saturated rings. The van der Waals surface area contributed by atoms with Crippen LogP contribution in [-0.4, -0.2) is 19.3 Å². The predicted molar refractivity (Wildman–Crippen MR) is 99.8 cm³/mol. The Hall–Kier alpha value is -2.69. The molecule has 26 heavy (non-hydrogen) atoms. The first-order valence-electron chi connectivity index (χ1n) is 8.99. The van der Waals surface area contributed by atoms with Gasteiger partial charge in [0.2, 0.25) is 6.79 Å². The van der Waals surface area contributed by atoms with E-state index in [1.807, 2.05) is 43.3 Å². The van der Waals surface area contributed by atoms with Crippen LogP contribution in [0, 0.1) is 0 Å². The van der Waals surface area contributed by atoms with Crippen molar-refractivity contribution in [1.29, 1.82) is 0 Å². The summed E-state index contributed by atoms with van der Waals surface area (Å²) in [5, 5.41) is 2.96. The molecule has 138 valence electrons. The molecule has 3 rings (SSSR count). The molecular formula is C21H25NO4. The number of amides is 1. The van der Waals surface area contributed by atoms with Crippen molar-refractivity contribution in [3.63, 3.8) is 0 Å². The molecule has 5 heteroatoms. The standard InChI is InChI=1S/C21H25NO4/c1-4-14(2)17-7-5-6-8-18(17)24-12-21(23)22-15(3)16-9-10-19-20(11-16)26-13-25-19/h5-11,14-15H,4,12-13H2,1-3H3,(H,22,23). The summed E-state index contributed by atoms with van der Waals surface area (Å²) in [5.74, 6) is 2.45. The van der Waals surface area contributed by atoms with E-state index in [2.05, 4.69) is 25.2 Å². The average Bonchev–Trinajstić information content (AvgIpc) is 3.13. The van der Waals surface area contributed by atoms with E-state index in [0.29, 0.717) is 11.7 Å². The van der Waals surface area contributed by atoms with Crippen LogP contribution in [0.1, 0.15) is 50.3 Å². The molecule has 0 aromatic heterocycles. The van der Waals surface area contributed by atoms with Crippen molar-refractivity contribution in [3.05, 3.63) is 53.6 Å². The number of carbonyl (C=O) groups is 1. The Bertz CT molecular complexity index is 774. The Labute approximate surface area is 154 Å². The van der Waals surface area contributed by atoms with Crippen molar-refractivity contribution in [2.24, 2.45) is 0 Å². The predicted octanol–water partition coefficient (Wildman–Crippen LogP) is 4.19. The van der Waals surface area contributed by atoms with Crippen molar-refractivity contribution >= 4 is 5.91 Å². The zero-order valence-corrected chi connectivity index (χ0v) is 15.5. The summed E-state index contributed by atoms with van der Waals surface area (Å²) in [6.45, 7) is 6.46. The molecule has 1 aliphatic heterocycles. The largest absolute Gasteiger partial charge is 0.483 e. The summed E-state index contributed by atoms with van der Waals surface area (Å²) in [5.41, 5.74) is 2.09. The zero-order chi connectivity index (χ0) is 18.5. The highest BCUT2D eigenvalue weighted by molar-refractivity contribution is 5.78. The van der Waals surface area contributed by atoms with Gasteiger partial charge in [-0.05, 0) is 48.6 Å². The molecule has 0 spiro atoms. The number of nitrogens with one attached hydrogen (secondary N) is 1. The van der Waals surface area contributed by atoms with E-state index in [4.69, 9.17) is 14.2 Å². The van der Waals surface area contributed by atoms with E-state index in [9.17, 15) is 4.79 Å². The van der Waals surface area contributed by atoms with Crippen LogP contribution in [0.2, 0.25) is 0 Å². The molecule has 2 aromatic rings. The Morgan fingerprint density at radius 1 is 1.15 bits per heavy atom. The van der Waals surface area contributed by atoms with E-state index in [-0.39, 0.29) is 25.3 Å². The van der Waals surface area contributed by atoms with Gasteiger partial charge in [0.1, 0.15) is 5.75 Å². The molecule has 5 nitrogen and oxygen atoms in total. The first kappa shape index (κ1) is 18.1. The second-order valence-corrected chi connectivity index (χ2v) is 6.54. The van der Waals surface area contributed by atoms with Crippen LogP contribution >= 0.6 is 0 Å². The van der Waals surface area contributed by atoms with Gasteiger partial charge in [0.15, 0.2) is 18.1 Å². The van der Waals surface area contributed by atoms with Crippen molar-refractivity contribution in [1.82, 2.24) is 5.32 Å². The lowest BCUT2D eigenvalue weighted by Gasteiger charge is -2.17. The van der Waals surface area contributed by atoms with Crippen LogP contribution in [0.4, 0.5) is 0 Å². The third-order valence-electron chi connectivity index (χ3n) is 4.70. The fourth-order valence-electron chi connectivity index (χ4n) is 2.93. The molecule has 1 amide bonds. The maximum atomic E-state index is 12.3. The van der Waals surface area contributed by atoms with Crippen LogP contribution < -0.4 is 19.5 Å². The highest BCUT2D eigenvalue weighted by Gasteiger charge is 2.17. The zero-order valence-electron chi connectivity index (χ0n) is 15.5. The average molecular weight is 355 g/mol. The number of ether oxygens (including phenoxy) is 3. The van der Waals surface area contributed by atoms with E-state index in [0.717, 1.165) is 29.0 Å². The summed E-state index contributed by atoms with van der Waals surface area (Å²) in [6.07, 6.45) is 1.02. The third kappa shape index (κ3) is 4.10. The molecule has 0 aliphatic carbocycles. The van der Waals surface area contributed by atoms with Crippen molar-refractivity contribution in [2.75, 3.05) is 13.4 Å². The minimum absolute atomic E-state index is 0.0116. The van der Waals surface area contributed by atoms with Crippen LogP contribution in [-0.2, 0) is 4.79 Å².